The largest absolute Gasteiger partial charge is 0.388 e. The summed E-state index contributed by atoms with van der Waals surface area (Å²) in [5, 5.41) is 13.7. The summed E-state index contributed by atoms with van der Waals surface area (Å²) in [4.78, 5) is 10.7. The molecule has 0 radical (unpaired) electrons. The highest BCUT2D eigenvalue weighted by Gasteiger charge is 2.32. The molecule has 20 heavy (non-hydrogen) atoms. The Labute approximate surface area is 121 Å². The summed E-state index contributed by atoms with van der Waals surface area (Å²) in [6, 6.07) is 0. The fourth-order valence-corrected chi connectivity index (χ4v) is 2.75. The molecular weight excluding hydrogens is 252 g/mol. The first-order valence-electron chi connectivity index (χ1n) is 7.58. The van der Waals surface area contributed by atoms with E-state index in [-0.39, 0.29) is 0 Å². The van der Waals surface area contributed by atoms with Crippen molar-refractivity contribution in [2.75, 3.05) is 25.0 Å². The molecule has 0 aromatic carbocycles. The van der Waals surface area contributed by atoms with Crippen molar-refractivity contribution in [1.82, 2.24) is 15.3 Å². The zero-order valence-electron chi connectivity index (χ0n) is 12.6. The second-order valence-electron chi connectivity index (χ2n) is 5.86. The molecular formula is C15H26N4O. The van der Waals surface area contributed by atoms with Crippen LogP contribution in [0, 0.1) is 0 Å². The van der Waals surface area contributed by atoms with Gasteiger partial charge in [-0.05, 0) is 25.8 Å². The predicted molar refractivity (Wildman–Crippen MR) is 80.7 cm³/mol. The summed E-state index contributed by atoms with van der Waals surface area (Å²) in [6.07, 6.45) is 8.85. The molecule has 1 aromatic heterocycles. The Hall–Kier alpha value is -1.20. The maximum Gasteiger partial charge on any atom is 0.225 e. The van der Waals surface area contributed by atoms with Crippen LogP contribution in [0.15, 0.2) is 12.4 Å². The van der Waals surface area contributed by atoms with E-state index in [0.717, 1.165) is 50.8 Å². The number of nitrogens with zero attached hydrogens (tertiary/aromatic N) is 3. The fraction of sp³-hybridized carbons (Fsp3) is 0.733. The van der Waals surface area contributed by atoms with Crippen LogP contribution in [0.5, 0.6) is 0 Å². The molecule has 0 unspecified atom stereocenters. The highest BCUT2D eigenvalue weighted by molar-refractivity contribution is 5.29. The third-order valence-electron chi connectivity index (χ3n) is 3.85. The summed E-state index contributed by atoms with van der Waals surface area (Å²) >= 11 is 0. The van der Waals surface area contributed by atoms with E-state index in [1.807, 2.05) is 24.3 Å². The van der Waals surface area contributed by atoms with Gasteiger partial charge in [-0.25, -0.2) is 9.97 Å². The molecule has 5 heteroatoms. The van der Waals surface area contributed by atoms with Crippen LogP contribution in [0.2, 0.25) is 0 Å². The summed E-state index contributed by atoms with van der Waals surface area (Å²) in [5.41, 5.74) is 0.537. The first-order valence-corrected chi connectivity index (χ1v) is 7.58. The summed E-state index contributed by atoms with van der Waals surface area (Å²) in [6.45, 7) is 4.58. The molecule has 1 aliphatic rings. The third-order valence-corrected chi connectivity index (χ3v) is 3.85. The summed E-state index contributed by atoms with van der Waals surface area (Å²) in [5.74, 6) is 0.685. The van der Waals surface area contributed by atoms with Crippen molar-refractivity contribution in [2.24, 2.45) is 0 Å². The van der Waals surface area contributed by atoms with Crippen LogP contribution >= 0.6 is 0 Å². The SMILES string of the molecule is CCCNCc1cnc(N(C)CC2(O)CCCC2)nc1. The topological polar surface area (TPSA) is 61.3 Å². The van der Waals surface area contributed by atoms with Crippen molar-refractivity contribution in [2.45, 2.75) is 51.2 Å². The average Bonchev–Trinajstić information content (AvgIpc) is 2.86. The molecule has 1 aliphatic carbocycles. The van der Waals surface area contributed by atoms with Crippen molar-refractivity contribution in [3.63, 3.8) is 0 Å². The second-order valence-corrected chi connectivity index (χ2v) is 5.86. The molecule has 0 saturated heterocycles. The molecule has 0 aliphatic heterocycles. The number of hydrogen-bond donors (Lipinski definition) is 2. The van der Waals surface area contributed by atoms with Gasteiger partial charge >= 0.3 is 0 Å². The Bertz CT molecular complexity index is 401. The van der Waals surface area contributed by atoms with Gasteiger partial charge in [0.1, 0.15) is 0 Å². The quantitative estimate of drug-likeness (QED) is 0.744. The Morgan fingerprint density at radius 1 is 1.30 bits per heavy atom. The molecule has 1 saturated carbocycles. The maximum atomic E-state index is 10.4. The zero-order chi connectivity index (χ0) is 14.4. The molecule has 0 amide bonds. The average molecular weight is 278 g/mol. The minimum Gasteiger partial charge on any atom is -0.388 e. The van der Waals surface area contributed by atoms with Gasteiger partial charge in [-0.2, -0.15) is 0 Å². The summed E-state index contributed by atoms with van der Waals surface area (Å²) in [7, 11) is 1.95. The molecule has 1 aromatic rings. The molecule has 2 rings (SSSR count). The molecule has 0 bridgehead atoms. The first kappa shape index (κ1) is 15.2. The van der Waals surface area contributed by atoms with E-state index < -0.39 is 5.60 Å². The monoisotopic (exact) mass is 278 g/mol. The molecule has 0 atom stereocenters. The molecule has 0 spiro atoms. The van der Waals surface area contributed by atoms with Gasteiger partial charge in [0.25, 0.3) is 0 Å². The van der Waals surface area contributed by atoms with E-state index in [1.54, 1.807) is 0 Å². The highest BCUT2D eigenvalue weighted by Crippen LogP contribution is 2.30. The van der Waals surface area contributed by atoms with Gasteiger partial charge in [0, 0.05) is 38.1 Å². The standard InChI is InChI=1S/C15H26N4O/c1-3-8-16-9-13-10-17-14(18-11-13)19(2)12-15(20)6-4-5-7-15/h10-11,16,20H,3-9,12H2,1-2H3. The van der Waals surface area contributed by atoms with Crippen molar-refractivity contribution in [3.8, 4) is 0 Å². The smallest absolute Gasteiger partial charge is 0.225 e. The predicted octanol–water partition coefficient (Wildman–Crippen LogP) is 1.72. The van der Waals surface area contributed by atoms with E-state index in [1.165, 1.54) is 0 Å². The second kappa shape index (κ2) is 6.99. The molecule has 1 heterocycles. The van der Waals surface area contributed by atoms with Crippen LogP contribution in [0.3, 0.4) is 0 Å². The number of anilines is 1. The van der Waals surface area contributed by atoms with Gasteiger partial charge in [0.05, 0.1) is 5.60 Å². The van der Waals surface area contributed by atoms with Crippen LogP contribution < -0.4 is 10.2 Å². The van der Waals surface area contributed by atoms with Crippen molar-refractivity contribution >= 4 is 5.95 Å². The number of hydrogen-bond acceptors (Lipinski definition) is 5. The van der Waals surface area contributed by atoms with Gasteiger partial charge in [-0.1, -0.05) is 19.8 Å². The van der Waals surface area contributed by atoms with Gasteiger partial charge in [0.2, 0.25) is 5.95 Å². The normalized spacial score (nSPS) is 17.4. The Kier molecular flexibility index (Phi) is 5.31. The first-order chi connectivity index (χ1) is 9.63. The third kappa shape index (κ3) is 4.15. The molecule has 5 nitrogen and oxygen atoms in total. The van der Waals surface area contributed by atoms with Crippen molar-refractivity contribution in [1.29, 1.82) is 0 Å². The molecule has 2 N–H and O–H groups in total. The minimum atomic E-state index is -0.556. The van der Waals surface area contributed by atoms with Crippen LogP contribution in [-0.2, 0) is 6.54 Å². The molecule has 1 fully saturated rings. The minimum absolute atomic E-state index is 0.556. The number of nitrogens with one attached hydrogen (secondary N) is 1. The number of rotatable bonds is 7. The van der Waals surface area contributed by atoms with Crippen LogP contribution in [0.1, 0.15) is 44.6 Å². The fourth-order valence-electron chi connectivity index (χ4n) is 2.75. The lowest BCUT2D eigenvalue weighted by molar-refractivity contribution is 0.0556. The lowest BCUT2D eigenvalue weighted by atomic mass is 10.0. The van der Waals surface area contributed by atoms with E-state index in [4.69, 9.17) is 0 Å². The van der Waals surface area contributed by atoms with Crippen LogP contribution in [0.25, 0.3) is 0 Å². The van der Waals surface area contributed by atoms with E-state index in [0.29, 0.717) is 12.5 Å². The summed E-state index contributed by atoms with van der Waals surface area (Å²) < 4.78 is 0. The van der Waals surface area contributed by atoms with Gasteiger partial charge in [-0.15, -0.1) is 0 Å². The van der Waals surface area contributed by atoms with E-state index in [2.05, 4.69) is 22.2 Å². The molecule has 112 valence electrons. The van der Waals surface area contributed by atoms with Gasteiger partial charge in [0.15, 0.2) is 0 Å². The van der Waals surface area contributed by atoms with E-state index in [9.17, 15) is 5.11 Å². The van der Waals surface area contributed by atoms with Crippen molar-refractivity contribution in [3.05, 3.63) is 18.0 Å². The highest BCUT2D eigenvalue weighted by atomic mass is 16.3. The number of aromatic nitrogens is 2. The maximum absolute atomic E-state index is 10.4. The Balaban J connectivity index is 1.88. The van der Waals surface area contributed by atoms with E-state index >= 15 is 0 Å². The van der Waals surface area contributed by atoms with Crippen LogP contribution in [0.4, 0.5) is 5.95 Å². The van der Waals surface area contributed by atoms with Gasteiger partial charge < -0.3 is 15.3 Å². The Morgan fingerprint density at radius 2 is 1.95 bits per heavy atom. The van der Waals surface area contributed by atoms with Crippen molar-refractivity contribution < 1.29 is 5.11 Å². The number of aliphatic hydroxyl groups is 1. The lowest BCUT2D eigenvalue weighted by Crippen LogP contribution is -2.39. The van der Waals surface area contributed by atoms with Crippen LogP contribution in [-0.4, -0.2) is 40.8 Å². The number of likely N-dealkylation sites (N-methyl/N-ethyl adjacent to an activating group) is 1. The zero-order valence-corrected chi connectivity index (χ0v) is 12.6. The Morgan fingerprint density at radius 3 is 2.55 bits per heavy atom. The lowest BCUT2D eigenvalue weighted by Gasteiger charge is -2.28. The van der Waals surface area contributed by atoms with Gasteiger partial charge in [-0.3, -0.25) is 0 Å².